The average molecular weight is 287 g/mol. The maximum absolute atomic E-state index is 12.2. The summed E-state index contributed by atoms with van der Waals surface area (Å²) in [4.78, 5) is 23.1. The second-order valence-corrected chi connectivity index (χ2v) is 5.18. The molecule has 0 aliphatic heterocycles. The number of carbonyl (C=O) groups is 1. The molecule has 0 fully saturated rings. The summed E-state index contributed by atoms with van der Waals surface area (Å²) in [5, 5.41) is 19.2. The Labute approximate surface area is 117 Å². The molecule has 0 aliphatic carbocycles. The molecule has 1 aromatic heterocycles. The number of hydrogen-bond acceptors (Lipinski definition) is 4. The van der Waals surface area contributed by atoms with Crippen LogP contribution in [-0.4, -0.2) is 20.1 Å². The lowest BCUT2D eigenvalue weighted by molar-refractivity contribution is 0.0694. The van der Waals surface area contributed by atoms with Gasteiger partial charge in [-0.05, 0) is 24.3 Å². The van der Waals surface area contributed by atoms with Crippen molar-refractivity contribution in [3.63, 3.8) is 0 Å². The van der Waals surface area contributed by atoms with Crippen molar-refractivity contribution in [3.05, 3.63) is 58.4 Å². The highest BCUT2D eigenvalue weighted by molar-refractivity contribution is 7.14. The predicted molar refractivity (Wildman–Crippen MR) is 76.0 cm³/mol. The molecule has 3 rings (SSSR count). The van der Waals surface area contributed by atoms with Gasteiger partial charge < -0.3 is 10.2 Å². The topological polar surface area (TPSA) is 79.5 Å². The monoisotopic (exact) mass is 287 g/mol. The van der Waals surface area contributed by atoms with E-state index in [9.17, 15) is 14.7 Å². The van der Waals surface area contributed by atoms with E-state index in [1.807, 2.05) is 12.1 Å². The molecular formula is C14H9NO4S. The summed E-state index contributed by atoms with van der Waals surface area (Å²) < 4.78 is 2.26. The standard InChI is InChI=1S/C14H9NO4S/c16-11-7-8(5-6-9(11)14(18)19)15-13(17)10-3-1-2-4-12(10)20-15/h1-7,16H,(H,18,19). The first kappa shape index (κ1) is 12.4. The van der Waals surface area contributed by atoms with Gasteiger partial charge in [0, 0.05) is 6.07 Å². The summed E-state index contributed by atoms with van der Waals surface area (Å²) in [6, 6.07) is 11.3. The summed E-state index contributed by atoms with van der Waals surface area (Å²) >= 11 is 1.25. The van der Waals surface area contributed by atoms with Crippen LogP contribution in [0.5, 0.6) is 5.75 Å². The summed E-state index contributed by atoms with van der Waals surface area (Å²) in [5.74, 6) is -1.57. The normalized spacial score (nSPS) is 10.8. The highest BCUT2D eigenvalue weighted by Crippen LogP contribution is 2.24. The number of carboxylic acid groups (broad SMARTS) is 1. The van der Waals surface area contributed by atoms with Crippen LogP contribution in [0.1, 0.15) is 10.4 Å². The fraction of sp³-hybridized carbons (Fsp3) is 0. The summed E-state index contributed by atoms with van der Waals surface area (Å²) in [7, 11) is 0. The SMILES string of the molecule is O=C(O)c1ccc(-n2sc3ccccc3c2=O)cc1O. The first-order chi connectivity index (χ1) is 9.58. The zero-order chi connectivity index (χ0) is 14.3. The number of phenols is 1. The van der Waals surface area contributed by atoms with Gasteiger partial charge in [-0.2, -0.15) is 0 Å². The molecule has 3 aromatic rings. The molecule has 2 aromatic carbocycles. The van der Waals surface area contributed by atoms with Crippen molar-refractivity contribution in [2.24, 2.45) is 0 Å². The molecule has 0 saturated carbocycles. The molecule has 0 saturated heterocycles. The zero-order valence-electron chi connectivity index (χ0n) is 10.1. The molecule has 0 spiro atoms. The van der Waals surface area contributed by atoms with Gasteiger partial charge >= 0.3 is 5.97 Å². The Kier molecular flexibility index (Phi) is 2.80. The Hall–Kier alpha value is -2.60. The Morgan fingerprint density at radius 2 is 1.90 bits per heavy atom. The van der Waals surface area contributed by atoms with Crippen molar-refractivity contribution in [2.75, 3.05) is 0 Å². The minimum atomic E-state index is -1.21. The Balaban J connectivity index is 2.21. The van der Waals surface area contributed by atoms with Crippen LogP contribution in [-0.2, 0) is 0 Å². The van der Waals surface area contributed by atoms with Gasteiger partial charge in [0.15, 0.2) is 0 Å². The third kappa shape index (κ3) is 1.86. The quantitative estimate of drug-likeness (QED) is 0.758. The average Bonchev–Trinajstić information content (AvgIpc) is 2.76. The van der Waals surface area contributed by atoms with Crippen molar-refractivity contribution in [1.82, 2.24) is 3.96 Å². The van der Waals surface area contributed by atoms with Crippen molar-refractivity contribution >= 4 is 27.6 Å². The van der Waals surface area contributed by atoms with E-state index in [1.165, 1.54) is 33.7 Å². The van der Waals surface area contributed by atoms with Gasteiger partial charge in [-0.3, -0.25) is 4.79 Å². The van der Waals surface area contributed by atoms with Crippen molar-refractivity contribution in [3.8, 4) is 11.4 Å². The number of fused-ring (bicyclic) bond motifs is 1. The molecule has 2 N–H and O–H groups in total. The molecule has 6 heteroatoms. The minimum absolute atomic E-state index is 0.187. The van der Waals surface area contributed by atoms with E-state index in [1.54, 1.807) is 12.1 Å². The summed E-state index contributed by atoms with van der Waals surface area (Å²) in [6.07, 6.45) is 0. The third-order valence-electron chi connectivity index (χ3n) is 2.94. The van der Waals surface area contributed by atoms with E-state index >= 15 is 0 Å². The van der Waals surface area contributed by atoms with Crippen LogP contribution in [0.3, 0.4) is 0 Å². The highest BCUT2D eigenvalue weighted by atomic mass is 32.1. The van der Waals surface area contributed by atoms with Gasteiger partial charge in [0.1, 0.15) is 11.3 Å². The molecule has 0 atom stereocenters. The Morgan fingerprint density at radius 1 is 1.15 bits per heavy atom. The molecule has 5 nitrogen and oxygen atoms in total. The first-order valence-corrected chi connectivity index (χ1v) is 6.53. The molecule has 100 valence electrons. The number of aromatic nitrogens is 1. The first-order valence-electron chi connectivity index (χ1n) is 5.75. The van der Waals surface area contributed by atoms with Gasteiger partial charge in [-0.15, -0.1) is 0 Å². The minimum Gasteiger partial charge on any atom is -0.507 e. The van der Waals surface area contributed by atoms with E-state index in [0.29, 0.717) is 11.1 Å². The lowest BCUT2D eigenvalue weighted by Crippen LogP contribution is -2.10. The van der Waals surface area contributed by atoms with E-state index in [2.05, 4.69) is 0 Å². The summed E-state index contributed by atoms with van der Waals surface area (Å²) in [6.45, 7) is 0. The maximum atomic E-state index is 12.2. The van der Waals surface area contributed by atoms with E-state index in [-0.39, 0.29) is 16.9 Å². The van der Waals surface area contributed by atoms with Gasteiger partial charge in [0.05, 0.1) is 15.8 Å². The molecular weight excluding hydrogens is 278 g/mol. The zero-order valence-corrected chi connectivity index (χ0v) is 10.9. The molecule has 1 heterocycles. The largest absolute Gasteiger partial charge is 0.507 e. The Bertz CT molecular complexity index is 878. The lowest BCUT2D eigenvalue weighted by atomic mass is 10.2. The molecule has 0 bridgehead atoms. The van der Waals surface area contributed by atoms with Crippen molar-refractivity contribution < 1.29 is 15.0 Å². The van der Waals surface area contributed by atoms with Crippen LogP contribution in [0.15, 0.2) is 47.3 Å². The predicted octanol–water partition coefficient (Wildman–Crippen LogP) is 2.46. The van der Waals surface area contributed by atoms with Crippen LogP contribution in [0.4, 0.5) is 0 Å². The highest BCUT2D eigenvalue weighted by Gasteiger charge is 2.13. The lowest BCUT2D eigenvalue weighted by Gasteiger charge is -2.03. The number of aromatic hydroxyl groups is 1. The van der Waals surface area contributed by atoms with Gasteiger partial charge in [0.25, 0.3) is 5.56 Å². The smallest absolute Gasteiger partial charge is 0.339 e. The maximum Gasteiger partial charge on any atom is 0.339 e. The van der Waals surface area contributed by atoms with Gasteiger partial charge in [-0.1, -0.05) is 23.7 Å². The molecule has 0 aliphatic rings. The van der Waals surface area contributed by atoms with Crippen LogP contribution in [0.2, 0.25) is 0 Å². The van der Waals surface area contributed by atoms with Gasteiger partial charge in [-0.25, -0.2) is 8.75 Å². The van der Waals surface area contributed by atoms with Crippen molar-refractivity contribution in [2.45, 2.75) is 0 Å². The number of nitrogens with zero attached hydrogens (tertiary/aromatic N) is 1. The summed E-state index contributed by atoms with van der Waals surface area (Å²) in [5.41, 5.74) is 0.0645. The second kappa shape index (κ2) is 4.50. The van der Waals surface area contributed by atoms with E-state index in [0.717, 1.165) is 4.70 Å². The number of benzene rings is 2. The second-order valence-electron chi connectivity index (χ2n) is 4.19. The number of rotatable bonds is 2. The fourth-order valence-corrected chi connectivity index (χ4v) is 2.96. The van der Waals surface area contributed by atoms with Crippen LogP contribution in [0.25, 0.3) is 15.8 Å². The van der Waals surface area contributed by atoms with Crippen LogP contribution < -0.4 is 5.56 Å². The van der Waals surface area contributed by atoms with E-state index in [4.69, 9.17) is 5.11 Å². The van der Waals surface area contributed by atoms with E-state index < -0.39 is 5.97 Å². The molecule has 0 unspecified atom stereocenters. The number of hydrogen-bond donors (Lipinski definition) is 2. The molecule has 0 amide bonds. The number of aromatic carboxylic acids is 1. The van der Waals surface area contributed by atoms with Crippen molar-refractivity contribution in [1.29, 1.82) is 0 Å². The molecule has 20 heavy (non-hydrogen) atoms. The third-order valence-corrected chi connectivity index (χ3v) is 4.05. The fourth-order valence-electron chi connectivity index (χ4n) is 1.97. The van der Waals surface area contributed by atoms with Gasteiger partial charge in [0.2, 0.25) is 0 Å². The van der Waals surface area contributed by atoms with Crippen LogP contribution >= 0.6 is 11.5 Å². The Morgan fingerprint density at radius 3 is 2.55 bits per heavy atom. The number of carboxylic acids is 1. The van der Waals surface area contributed by atoms with Crippen LogP contribution in [0, 0.1) is 0 Å². The molecule has 0 radical (unpaired) electrons.